The average molecular weight is 365 g/mol. The van der Waals surface area contributed by atoms with Crippen LogP contribution in [-0.4, -0.2) is 23.2 Å². The molecule has 2 aromatic carbocycles. The van der Waals surface area contributed by atoms with E-state index in [1.54, 1.807) is 13.2 Å². The van der Waals surface area contributed by atoms with Gasteiger partial charge in [0.25, 0.3) is 5.91 Å². The second-order valence-electron chi connectivity index (χ2n) is 5.75. The fourth-order valence-corrected chi connectivity index (χ4v) is 3.38. The van der Waals surface area contributed by atoms with Gasteiger partial charge in [-0.3, -0.25) is 10.1 Å². The minimum Gasteiger partial charge on any atom is -0.497 e. The first-order valence-corrected chi connectivity index (χ1v) is 8.74. The van der Waals surface area contributed by atoms with E-state index in [9.17, 15) is 4.79 Å². The van der Waals surface area contributed by atoms with E-state index in [-0.39, 0.29) is 11.7 Å². The number of ether oxygens (including phenoxy) is 1. The molecule has 0 aliphatic rings. The Morgan fingerprint density at radius 3 is 2.73 bits per heavy atom. The number of hydrogen-bond donors (Lipinski definition) is 1. The van der Waals surface area contributed by atoms with Gasteiger partial charge in [0.2, 0.25) is 5.76 Å². The highest BCUT2D eigenvalue weighted by atomic mass is 32.1. The maximum absolute atomic E-state index is 12.4. The van der Waals surface area contributed by atoms with E-state index in [1.165, 1.54) is 11.3 Å². The number of nitrogens with zero attached hydrogens (tertiary/aromatic N) is 2. The summed E-state index contributed by atoms with van der Waals surface area (Å²) in [7, 11) is 1.61. The molecule has 0 atom stereocenters. The van der Waals surface area contributed by atoms with Crippen molar-refractivity contribution >= 4 is 32.6 Å². The van der Waals surface area contributed by atoms with Crippen LogP contribution in [0.4, 0.5) is 5.13 Å². The fraction of sp³-hybridized carbons (Fsp3) is 0.105. The molecule has 0 aliphatic heterocycles. The molecule has 1 amide bonds. The van der Waals surface area contributed by atoms with Crippen LogP contribution in [0.2, 0.25) is 0 Å². The number of nitrogens with one attached hydrogen (secondary N) is 1. The number of thiazole rings is 1. The second-order valence-corrected chi connectivity index (χ2v) is 6.78. The summed E-state index contributed by atoms with van der Waals surface area (Å²) in [6, 6.07) is 15.0. The molecule has 4 rings (SSSR count). The molecule has 130 valence electrons. The fourth-order valence-electron chi connectivity index (χ4n) is 2.49. The van der Waals surface area contributed by atoms with Crippen molar-refractivity contribution < 1.29 is 14.1 Å². The first-order valence-electron chi connectivity index (χ1n) is 7.92. The zero-order valence-corrected chi connectivity index (χ0v) is 15.0. The Morgan fingerprint density at radius 1 is 1.15 bits per heavy atom. The molecule has 1 N–H and O–H groups in total. The molecule has 0 aliphatic carbocycles. The van der Waals surface area contributed by atoms with Gasteiger partial charge in [-0.1, -0.05) is 46.3 Å². The first kappa shape index (κ1) is 16.3. The van der Waals surface area contributed by atoms with Crippen LogP contribution < -0.4 is 10.1 Å². The van der Waals surface area contributed by atoms with Gasteiger partial charge in [-0.15, -0.1) is 0 Å². The first-order chi connectivity index (χ1) is 12.6. The highest BCUT2D eigenvalue weighted by Gasteiger charge is 2.16. The Morgan fingerprint density at radius 2 is 1.96 bits per heavy atom. The van der Waals surface area contributed by atoms with E-state index in [0.29, 0.717) is 10.8 Å². The zero-order valence-electron chi connectivity index (χ0n) is 14.1. The van der Waals surface area contributed by atoms with E-state index >= 15 is 0 Å². The van der Waals surface area contributed by atoms with Gasteiger partial charge in [-0.05, 0) is 25.1 Å². The van der Waals surface area contributed by atoms with Gasteiger partial charge in [0.1, 0.15) is 11.4 Å². The lowest BCUT2D eigenvalue weighted by atomic mass is 10.1. The number of hydrogen-bond acceptors (Lipinski definition) is 6. The van der Waals surface area contributed by atoms with Gasteiger partial charge in [0, 0.05) is 11.6 Å². The number of fused-ring (bicyclic) bond motifs is 1. The van der Waals surface area contributed by atoms with Crippen LogP contribution in [0, 0.1) is 6.92 Å². The predicted octanol–water partition coefficient (Wildman–Crippen LogP) is 4.52. The lowest BCUT2D eigenvalue weighted by molar-refractivity contribution is 0.0988. The van der Waals surface area contributed by atoms with Crippen LogP contribution in [0.3, 0.4) is 0 Å². The number of aryl methyl sites for hydroxylation is 1. The Labute approximate surface area is 153 Å². The number of benzene rings is 2. The molecule has 0 spiro atoms. The van der Waals surface area contributed by atoms with Crippen molar-refractivity contribution in [3.05, 3.63) is 59.9 Å². The van der Waals surface area contributed by atoms with E-state index in [1.807, 2.05) is 49.4 Å². The standard InChI is InChI=1S/C19H15N3O3S/c1-11-3-5-12(6-4-11)15-10-16(25-22-15)18(23)21-19-20-14-8-7-13(24-2)9-17(14)26-19/h3-10H,1-2H3,(H,20,21,23). The number of carbonyl (C=O) groups is 1. The Hall–Kier alpha value is -3.19. The third-order valence-corrected chi connectivity index (χ3v) is 4.83. The van der Waals surface area contributed by atoms with Crippen molar-refractivity contribution in [2.24, 2.45) is 0 Å². The van der Waals surface area contributed by atoms with E-state index < -0.39 is 0 Å². The molecule has 0 radical (unpaired) electrons. The third kappa shape index (κ3) is 3.16. The van der Waals surface area contributed by atoms with Crippen molar-refractivity contribution in [1.29, 1.82) is 0 Å². The number of methoxy groups -OCH3 is 1. The van der Waals surface area contributed by atoms with Crippen LogP contribution in [0.25, 0.3) is 21.5 Å². The predicted molar refractivity (Wildman–Crippen MR) is 101 cm³/mol. The van der Waals surface area contributed by atoms with Crippen molar-refractivity contribution in [1.82, 2.24) is 10.1 Å². The molecule has 4 aromatic rings. The van der Waals surface area contributed by atoms with E-state index in [0.717, 1.165) is 27.1 Å². The summed E-state index contributed by atoms with van der Waals surface area (Å²) < 4.78 is 11.3. The summed E-state index contributed by atoms with van der Waals surface area (Å²) in [5.74, 6) is 0.497. The molecule has 6 nitrogen and oxygen atoms in total. The minimum atomic E-state index is -0.387. The molecule has 7 heteroatoms. The maximum atomic E-state index is 12.4. The Bertz CT molecular complexity index is 1080. The van der Waals surface area contributed by atoms with Crippen molar-refractivity contribution in [3.8, 4) is 17.0 Å². The lowest BCUT2D eigenvalue weighted by Gasteiger charge is -1.96. The molecule has 0 unspecified atom stereocenters. The minimum absolute atomic E-state index is 0.136. The van der Waals surface area contributed by atoms with Crippen LogP contribution in [0.15, 0.2) is 53.1 Å². The smallest absolute Gasteiger partial charge is 0.296 e. The number of rotatable bonds is 4. The molecule has 0 fully saturated rings. The summed E-state index contributed by atoms with van der Waals surface area (Å²) >= 11 is 1.37. The largest absolute Gasteiger partial charge is 0.497 e. The van der Waals surface area contributed by atoms with Crippen molar-refractivity contribution in [2.45, 2.75) is 6.92 Å². The van der Waals surface area contributed by atoms with Crippen LogP contribution >= 0.6 is 11.3 Å². The van der Waals surface area contributed by atoms with Gasteiger partial charge in [-0.2, -0.15) is 0 Å². The second kappa shape index (κ2) is 6.61. The average Bonchev–Trinajstić information content (AvgIpc) is 3.28. The van der Waals surface area contributed by atoms with Gasteiger partial charge in [-0.25, -0.2) is 4.98 Å². The lowest BCUT2D eigenvalue weighted by Crippen LogP contribution is -2.10. The Kier molecular flexibility index (Phi) is 4.14. The number of carbonyl (C=O) groups excluding carboxylic acids is 1. The number of anilines is 1. The van der Waals surface area contributed by atoms with Gasteiger partial charge >= 0.3 is 0 Å². The van der Waals surface area contributed by atoms with Crippen LogP contribution in [0.5, 0.6) is 5.75 Å². The van der Waals surface area contributed by atoms with Crippen molar-refractivity contribution in [3.63, 3.8) is 0 Å². The Balaban J connectivity index is 1.54. The van der Waals surface area contributed by atoms with Crippen molar-refractivity contribution in [2.75, 3.05) is 12.4 Å². The molecular formula is C19H15N3O3S. The topological polar surface area (TPSA) is 77.2 Å². The SMILES string of the molecule is COc1ccc2nc(NC(=O)c3cc(-c4ccc(C)cc4)no3)sc2c1. The van der Waals surface area contributed by atoms with Gasteiger partial charge in [0.15, 0.2) is 5.13 Å². The van der Waals surface area contributed by atoms with E-state index in [4.69, 9.17) is 9.26 Å². The highest BCUT2D eigenvalue weighted by Crippen LogP contribution is 2.29. The van der Waals surface area contributed by atoms with Crippen LogP contribution in [-0.2, 0) is 0 Å². The highest BCUT2D eigenvalue weighted by molar-refractivity contribution is 7.22. The maximum Gasteiger partial charge on any atom is 0.296 e. The summed E-state index contributed by atoms with van der Waals surface area (Å²) in [5, 5.41) is 7.22. The summed E-state index contributed by atoms with van der Waals surface area (Å²) in [4.78, 5) is 16.8. The third-order valence-electron chi connectivity index (χ3n) is 3.90. The summed E-state index contributed by atoms with van der Waals surface area (Å²) in [6.45, 7) is 2.01. The summed E-state index contributed by atoms with van der Waals surface area (Å²) in [5.41, 5.74) is 3.46. The molecule has 0 saturated carbocycles. The molecule has 0 bridgehead atoms. The summed E-state index contributed by atoms with van der Waals surface area (Å²) in [6.07, 6.45) is 0. The number of amides is 1. The van der Waals surface area contributed by atoms with Gasteiger partial charge in [0.05, 0.1) is 17.3 Å². The monoisotopic (exact) mass is 365 g/mol. The van der Waals surface area contributed by atoms with E-state index in [2.05, 4.69) is 15.5 Å². The molecule has 0 saturated heterocycles. The quantitative estimate of drug-likeness (QED) is 0.575. The number of aromatic nitrogens is 2. The normalized spacial score (nSPS) is 10.8. The molecule has 2 aromatic heterocycles. The van der Waals surface area contributed by atoms with Crippen LogP contribution in [0.1, 0.15) is 16.1 Å². The zero-order chi connectivity index (χ0) is 18.1. The van der Waals surface area contributed by atoms with Gasteiger partial charge < -0.3 is 9.26 Å². The molecular weight excluding hydrogens is 350 g/mol. The molecule has 2 heterocycles. The molecule has 26 heavy (non-hydrogen) atoms.